The van der Waals surface area contributed by atoms with Crippen molar-refractivity contribution in [1.82, 2.24) is 0 Å². The molecule has 1 aliphatic rings. The number of carboxylic acids is 1. The predicted molar refractivity (Wildman–Crippen MR) is 105 cm³/mol. The van der Waals surface area contributed by atoms with E-state index in [1.807, 2.05) is 30.4 Å². The first-order valence-electron chi connectivity index (χ1n) is 9.73. The van der Waals surface area contributed by atoms with E-state index in [9.17, 15) is 14.7 Å². The first-order valence-corrected chi connectivity index (χ1v) is 9.73. The van der Waals surface area contributed by atoms with E-state index in [2.05, 4.69) is 20.8 Å². The maximum absolute atomic E-state index is 12.1. The average Bonchev–Trinajstić information content (AvgIpc) is 2.93. The van der Waals surface area contributed by atoms with E-state index in [1.165, 1.54) is 0 Å². The van der Waals surface area contributed by atoms with Gasteiger partial charge in [0, 0.05) is 18.3 Å². The molecular weight excluding hydrogens is 328 g/mol. The van der Waals surface area contributed by atoms with Crippen LogP contribution in [0.5, 0.6) is 0 Å². The molecule has 4 heteroatoms. The van der Waals surface area contributed by atoms with Gasteiger partial charge in [0.25, 0.3) is 0 Å². The summed E-state index contributed by atoms with van der Waals surface area (Å²) in [5, 5.41) is 19.1. The van der Waals surface area contributed by atoms with Crippen LogP contribution in [0.25, 0.3) is 0 Å². The molecule has 26 heavy (non-hydrogen) atoms. The quantitative estimate of drug-likeness (QED) is 0.390. The molecule has 0 saturated heterocycles. The molecule has 146 valence electrons. The number of hydrogen-bond acceptors (Lipinski definition) is 3. The Morgan fingerprint density at radius 2 is 2.04 bits per heavy atom. The van der Waals surface area contributed by atoms with Crippen molar-refractivity contribution in [3.63, 3.8) is 0 Å². The van der Waals surface area contributed by atoms with Crippen molar-refractivity contribution in [2.24, 2.45) is 17.3 Å². The molecule has 0 aromatic heterocycles. The summed E-state index contributed by atoms with van der Waals surface area (Å²) in [6.45, 7) is 6.29. The molecular formula is C22H34O4. The van der Waals surface area contributed by atoms with Gasteiger partial charge in [0.1, 0.15) is 0 Å². The molecule has 0 bridgehead atoms. The molecule has 1 aliphatic carbocycles. The van der Waals surface area contributed by atoms with Gasteiger partial charge in [-0.3, -0.25) is 9.59 Å². The Morgan fingerprint density at radius 1 is 1.31 bits per heavy atom. The molecule has 0 radical (unpaired) electrons. The second-order valence-corrected chi connectivity index (χ2v) is 7.86. The SMILES string of the molecule is CCCCC(C)(C)C(O)/C=C/C1C=CC(=O)C1C/C=C/CCCC(=O)O. The summed E-state index contributed by atoms with van der Waals surface area (Å²) in [6.07, 6.45) is 16.1. The van der Waals surface area contributed by atoms with Crippen LogP contribution in [0.3, 0.4) is 0 Å². The number of rotatable bonds is 12. The molecule has 2 N–H and O–H groups in total. The third-order valence-electron chi connectivity index (χ3n) is 5.12. The van der Waals surface area contributed by atoms with Gasteiger partial charge in [0.2, 0.25) is 0 Å². The number of allylic oxidation sites excluding steroid dienone is 5. The van der Waals surface area contributed by atoms with Gasteiger partial charge in [-0.2, -0.15) is 0 Å². The highest BCUT2D eigenvalue weighted by Crippen LogP contribution is 2.31. The number of aliphatic hydroxyl groups excluding tert-OH is 1. The van der Waals surface area contributed by atoms with Gasteiger partial charge >= 0.3 is 5.97 Å². The van der Waals surface area contributed by atoms with E-state index >= 15 is 0 Å². The van der Waals surface area contributed by atoms with E-state index in [0.717, 1.165) is 19.3 Å². The standard InChI is InChI=1S/C22H34O4/c1-4-5-16-22(2,3)20(24)15-13-17-12-14-19(23)18(17)10-8-6-7-9-11-21(25)26/h6,8,12-15,17-18,20,24H,4-5,7,9-11,16H2,1-3H3,(H,25,26)/b8-6+,15-13+. The van der Waals surface area contributed by atoms with Gasteiger partial charge in [0.15, 0.2) is 5.78 Å². The summed E-state index contributed by atoms with van der Waals surface area (Å²) in [4.78, 5) is 22.6. The first kappa shape index (κ1) is 22.4. The van der Waals surface area contributed by atoms with Gasteiger partial charge in [-0.15, -0.1) is 0 Å². The summed E-state index contributed by atoms with van der Waals surface area (Å²) in [6, 6.07) is 0. The van der Waals surface area contributed by atoms with E-state index in [0.29, 0.717) is 19.3 Å². The second kappa shape index (κ2) is 11.1. The number of hydrogen-bond donors (Lipinski definition) is 2. The fourth-order valence-corrected chi connectivity index (χ4v) is 3.13. The Balaban J connectivity index is 2.54. The lowest BCUT2D eigenvalue weighted by Crippen LogP contribution is -2.27. The molecule has 3 atom stereocenters. The highest BCUT2D eigenvalue weighted by molar-refractivity contribution is 5.95. The molecule has 0 aromatic carbocycles. The summed E-state index contributed by atoms with van der Waals surface area (Å²) in [5.41, 5.74) is -0.168. The molecule has 0 saturated carbocycles. The first-order chi connectivity index (χ1) is 12.3. The Labute approximate surface area is 157 Å². The van der Waals surface area contributed by atoms with E-state index in [-0.39, 0.29) is 29.5 Å². The van der Waals surface area contributed by atoms with E-state index < -0.39 is 12.1 Å². The maximum Gasteiger partial charge on any atom is 0.303 e. The zero-order chi connectivity index (χ0) is 19.6. The van der Waals surface area contributed by atoms with Gasteiger partial charge in [-0.1, -0.05) is 64.0 Å². The zero-order valence-electron chi connectivity index (χ0n) is 16.4. The second-order valence-electron chi connectivity index (χ2n) is 7.86. The van der Waals surface area contributed by atoms with E-state index in [4.69, 9.17) is 5.11 Å². The Kier molecular flexibility index (Phi) is 9.57. The van der Waals surface area contributed by atoms with Crippen molar-refractivity contribution >= 4 is 11.8 Å². The summed E-state index contributed by atoms with van der Waals surface area (Å²) in [5.74, 6) is -0.760. The molecule has 0 heterocycles. The minimum absolute atomic E-state index is 0.0165. The van der Waals surface area contributed by atoms with Crippen LogP contribution in [-0.4, -0.2) is 28.1 Å². The largest absolute Gasteiger partial charge is 0.481 e. The van der Waals surface area contributed by atoms with Crippen LogP contribution in [0, 0.1) is 17.3 Å². The van der Waals surface area contributed by atoms with Crippen molar-refractivity contribution in [3.8, 4) is 0 Å². The number of carbonyl (C=O) groups is 2. The number of carbonyl (C=O) groups excluding carboxylic acids is 1. The zero-order valence-corrected chi connectivity index (χ0v) is 16.4. The van der Waals surface area contributed by atoms with Crippen LogP contribution in [0.15, 0.2) is 36.5 Å². The average molecular weight is 363 g/mol. The van der Waals surface area contributed by atoms with Crippen molar-refractivity contribution < 1.29 is 19.8 Å². The topological polar surface area (TPSA) is 74.6 Å². The molecule has 0 aliphatic heterocycles. The number of carboxylic acid groups (broad SMARTS) is 1. The monoisotopic (exact) mass is 362 g/mol. The maximum atomic E-state index is 12.1. The molecule has 0 fully saturated rings. The number of aliphatic carboxylic acids is 1. The smallest absolute Gasteiger partial charge is 0.303 e. The third-order valence-corrected chi connectivity index (χ3v) is 5.12. The van der Waals surface area contributed by atoms with Crippen LogP contribution in [0.2, 0.25) is 0 Å². The lowest BCUT2D eigenvalue weighted by atomic mass is 9.80. The molecule has 0 spiro atoms. The van der Waals surface area contributed by atoms with Gasteiger partial charge < -0.3 is 10.2 Å². The Bertz CT molecular complexity index is 542. The minimum Gasteiger partial charge on any atom is -0.481 e. The molecule has 1 rings (SSSR count). The molecule has 3 unspecified atom stereocenters. The van der Waals surface area contributed by atoms with Crippen LogP contribution in [-0.2, 0) is 9.59 Å². The van der Waals surface area contributed by atoms with Crippen LogP contribution in [0.4, 0.5) is 0 Å². The summed E-state index contributed by atoms with van der Waals surface area (Å²) >= 11 is 0. The number of unbranched alkanes of at least 4 members (excludes halogenated alkanes) is 2. The number of aliphatic hydroxyl groups is 1. The molecule has 0 aromatic rings. The van der Waals surface area contributed by atoms with Crippen molar-refractivity contribution in [2.75, 3.05) is 0 Å². The third kappa shape index (κ3) is 7.69. The Morgan fingerprint density at radius 3 is 2.69 bits per heavy atom. The normalized spacial score (nSPS) is 21.9. The van der Waals surface area contributed by atoms with Crippen LogP contribution >= 0.6 is 0 Å². The summed E-state index contributed by atoms with van der Waals surface area (Å²) in [7, 11) is 0. The van der Waals surface area contributed by atoms with Crippen molar-refractivity contribution in [3.05, 3.63) is 36.5 Å². The lowest BCUT2D eigenvalue weighted by Gasteiger charge is -2.28. The van der Waals surface area contributed by atoms with Crippen LogP contribution < -0.4 is 0 Å². The van der Waals surface area contributed by atoms with E-state index in [1.54, 1.807) is 6.08 Å². The highest BCUT2D eigenvalue weighted by Gasteiger charge is 2.29. The van der Waals surface area contributed by atoms with Gasteiger partial charge in [0.05, 0.1) is 6.10 Å². The minimum atomic E-state index is -0.779. The predicted octanol–water partition coefficient (Wildman–Crippen LogP) is 4.69. The Hall–Kier alpha value is -1.68. The highest BCUT2D eigenvalue weighted by atomic mass is 16.4. The fourth-order valence-electron chi connectivity index (χ4n) is 3.13. The summed E-state index contributed by atoms with van der Waals surface area (Å²) < 4.78 is 0. The van der Waals surface area contributed by atoms with Gasteiger partial charge in [-0.05, 0) is 37.2 Å². The number of ketones is 1. The van der Waals surface area contributed by atoms with Crippen molar-refractivity contribution in [1.29, 1.82) is 0 Å². The molecule has 4 nitrogen and oxygen atoms in total. The van der Waals surface area contributed by atoms with Crippen LogP contribution in [0.1, 0.15) is 65.7 Å². The molecule has 0 amide bonds. The lowest BCUT2D eigenvalue weighted by molar-refractivity contribution is -0.137. The van der Waals surface area contributed by atoms with Crippen molar-refractivity contribution in [2.45, 2.75) is 71.8 Å². The fraction of sp³-hybridized carbons (Fsp3) is 0.636. The van der Waals surface area contributed by atoms with Gasteiger partial charge in [-0.25, -0.2) is 0 Å².